The minimum absolute atomic E-state index is 0.0257. The van der Waals surface area contributed by atoms with Gasteiger partial charge in [0.2, 0.25) is 23.6 Å². The van der Waals surface area contributed by atoms with Crippen LogP contribution in [0.5, 0.6) is 0 Å². The van der Waals surface area contributed by atoms with Crippen LogP contribution < -0.4 is 32.7 Å². The van der Waals surface area contributed by atoms with Gasteiger partial charge >= 0.3 is 23.9 Å². The summed E-state index contributed by atoms with van der Waals surface area (Å²) in [5.74, 6) is -10.5. The fourth-order valence-electron chi connectivity index (χ4n) is 3.21. The molecule has 4 atom stereocenters. The van der Waals surface area contributed by atoms with Crippen LogP contribution in [-0.2, 0) is 38.4 Å². The molecule has 236 valence electrons. The van der Waals surface area contributed by atoms with Gasteiger partial charge in [0, 0.05) is 25.1 Å². The molecule has 0 aromatic heterocycles. The van der Waals surface area contributed by atoms with Gasteiger partial charge in [0.25, 0.3) is 0 Å². The van der Waals surface area contributed by atoms with Crippen LogP contribution in [0.4, 0.5) is 0 Å². The SMILES string of the molecule is NC(N)=NCCC[C@H](NC(=O)[C@H](CC(=O)O)NC(=O)CCCC(=O)O)C(=O)N[C@@H](CC(=O)O)C(=O)N[C@H](CS)C(=O)O. The number of carboxylic acid groups (broad SMARTS) is 4. The maximum absolute atomic E-state index is 13.1. The number of amides is 4. The second kappa shape index (κ2) is 19.5. The zero-order chi connectivity index (χ0) is 32.4. The molecule has 42 heavy (non-hydrogen) atoms. The van der Waals surface area contributed by atoms with E-state index in [0.717, 1.165) is 0 Å². The number of hydrogen-bond donors (Lipinski definition) is 11. The molecule has 0 unspecified atom stereocenters. The first-order valence-corrected chi connectivity index (χ1v) is 12.9. The van der Waals surface area contributed by atoms with Crippen molar-refractivity contribution in [3.05, 3.63) is 0 Å². The second-order valence-electron chi connectivity index (χ2n) is 8.72. The van der Waals surface area contributed by atoms with Crippen LogP contribution in [0.25, 0.3) is 0 Å². The first-order valence-electron chi connectivity index (χ1n) is 12.3. The fourth-order valence-corrected chi connectivity index (χ4v) is 3.46. The van der Waals surface area contributed by atoms with Crippen molar-refractivity contribution in [2.75, 3.05) is 12.3 Å². The molecule has 4 amide bonds. The normalized spacial score (nSPS) is 13.3. The number of carboxylic acids is 4. The van der Waals surface area contributed by atoms with Crippen molar-refractivity contribution < 1.29 is 58.8 Å². The average molecular weight is 622 g/mol. The van der Waals surface area contributed by atoms with Gasteiger partial charge in [-0.25, -0.2) is 4.79 Å². The second-order valence-corrected chi connectivity index (χ2v) is 9.08. The molecular formula is C22H35N7O12S. The van der Waals surface area contributed by atoms with E-state index in [9.17, 15) is 48.6 Å². The highest BCUT2D eigenvalue weighted by atomic mass is 32.1. The lowest BCUT2D eigenvalue weighted by molar-refractivity contribution is -0.143. The van der Waals surface area contributed by atoms with Crippen LogP contribution in [0.2, 0.25) is 0 Å². The molecular weight excluding hydrogens is 586 g/mol. The molecule has 12 N–H and O–H groups in total. The molecule has 0 bridgehead atoms. The molecule has 0 rings (SSSR count). The zero-order valence-corrected chi connectivity index (χ0v) is 23.2. The van der Waals surface area contributed by atoms with E-state index in [2.05, 4.69) is 33.6 Å². The van der Waals surface area contributed by atoms with Gasteiger partial charge in [-0.3, -0.25) is 38.6 Å². The fraction of sp³-hybridized carbons (Fsp3) is 0.591. The number of carbonyl (C=O) groups is 8. The summed E-state index contributed by atoms with van der Waals surface area (Å²) in [7, 11) is 0. The molecule has 0 saturated heterocycles. The van der Waals surface area contributed by atoms with Crippen molar-refractivity contribution in [3.8, 4) is 0 Å². The molecule has 19 nitrogen and oxygen atoms in total. The van der Waals surface area contributed by atoms with Crippen molar-refractivity contribution in [2.24, 2.45) is 16.5 Å². The maximum atomic E-state index is 13.1. The van der Waals surface area contributed by atoms with Crippen LogP contribution in [0.15, 0.2) is 4.99 Å². The summed E-state index contributed by atoms with van der Waals surface area (Å²) in [5, 5.41) is 44.7. The molecule has 0 aliphatic heterocycles. The Bertz CT molecular complexity index is 1050. The largest absolute Gasteiger partial charge is 0.481 e. The number of guanidine groups is 1. The van der Waals surface area contributed by atoms with E-state index in [-0.39, 0.29) is 50.4 Å². The Morgan fingerprint density at radius 2 is 1.12 bits per heavy atom. The summed E-state index contributed by atoms with van der Waals surface area (Å²) < 4.78 is 0. The van der Waals surface area contributed by atoms with E-state index in [1.54, 1.807) is 0 Å². The predicted molar refractivity (Wildman–Crippen MR) is 145 cm³/mol. The Kier molecular flexibility index (Phi) is 17.3. The minimum atomic E-state index is -1.79. The van der Waals surface area contributed by atoms with Crippen molar-refractivity contribution in [1.82, 2.24) is 21.3 Å². The molecule has 0 heterocycles. The lowest BCUT2D eigenvalue weighted by Gasteiger charge is -2.25. The van der Waals surface area contributed by atoms with Crippen molar-refractivity contribution in [2.45, 2.75) is 69.1 Å². The Labute approximate surface area is 244 Å². The first-order chi connectivity index (χ1) is 19.6. The van der Waals surface area contributed by atoms with Gasteiger partial charge < -0.3 is 53.2 Å². The van der Waals surface area contributed by atoms with Crippen molar-refractivity contribution in [1.29, 1.82) is 0 Å². The summed E-state index contributed by atoms with van der Waals surface area (Å²) in [6.07, 6.45) is -2.83. The number of carbonyl (C=O) groups excluding carboxylic acids is 4. The highest BCUT2D eigenvalue weighted by Crippen LogP contribution is 2.05. The Morgan fingerprint density at radius 3 is 1.57 bits per heavy atom. The zero-order valence-electron chi connectivity index (χ0n) is 22.3. The number of nitrogens with two attached hydrogens (primary N) is 2. The third-order valence-electron chi connectivity index (χ3n) is 5.21. The van der Waals surface area contributed by atoms with Gasteiger partial charge in [0.05, 0.1) is 12.8 Å². The van der Waals surface area contributed by atoms with Gasteiger partial charge in [-0.15, -0.1) is 0 Å². The van der Waals surface area contributed by atoms with Gasteiger partial charge in [0.1, 0.15) is 24.2 Å². The molecule has 0 spiro atoms. The van der Waals surface area contributed by atoms with Gasteiger partial charge in [0.15, 0.2) is 5.96 Å². The van der Waals surface area contributed by atoms with Gasteiger partial charge in [-0.2, -0.15) is 12.6 Å². The smallest absolute Gasteiger partial charge is 0.327 e. The van der Waals surface area contributed by atoms with Crippen LogP contribution in [0, 0.1) is 0 Å². The number of aliphatic imine (C=N–C) groups is 1. The molecule has 0 aliphatic rings. The Morgan fingerprint density at radius 1 is 0.643 bits per heavy atom. The summed E-state index contributed by atoms with van der Waals surface area (Å²) >= 11 is 3.79. The topological polar surface area (TPSA) is 330 Å². The quantitative estimate of drug-likeness (QED) is 0.0253. The first kappa shape index (κ1) is 37.4. The number of nitrogens with zero attached hydrogens (tertiary/aromatic N) is 1. The van der Waals surface area contributed by atoms with Gasteiger partial charge in [-0.1, -0.05) is 0 Å². The standard InChI is InChI=1S/C22H35N7O12S/c23-22(24)25-6-2-3-10(18(37)28-12(8-17(35)36)20(39)29-13(9-42)21(40)41)27-19(38)11(7-16(33)34)26-14(30)4-1-5-15(31)32/h10-13,42H,1-9H2,(H,26,30)(H,27,38)(H,28,37)(H,29,39)(H,31,32)(H,33,34)(H,35,36)(H,40,41)(H4,23,24,25)/t10-,11-,12-,13+/m0/s1. The van der Waals surface area contributed by atoms with Gasteiger partial charge in [-0.05, 0) is 19.3 Å². The van der Waals surface area contributed by atoms with E-state index >= 15 is 0 Å². The van der Waals surface area contributed by atoms with E-state index in [1.807, 2.05) is 5.32 Å². The number of thiol groups is 1. The summed E-state index contributed by atoms with van der Waals surface area (Å²) in [5.41, 5.74) is 10.5. The van der Waals surface area contributed by atoms with Crippen molar-refractivity contribution >= 4 is 66.1 Å². The number of aliphatic carboxylic acids is 4. The van der Waals surface area contributed by atoms with Crippen LogP contribution in [0.1, 0.15) is 44.9 Å². The highest BCUT2D eigenvalue weighted by molar-refractivity contribution is 7.80. The van der Waals surface area contributed by atoms with E-state index in [0.29, 0.717) is 0 Å². The average Bonchev–Trinajstić information content (AvgIpc) is 2.86. The summed E-state index contributed by atoms with van der Waals surface area (Å²) in [6.45, 7) is -0.0257. The van der Waals surface area contributed by atoms with Crippen molar-refractivity contribution in [3.63, 3.8) is 0 Å². The summed E-state index contributed by atoms with van der Waals surface area (Å²) in [4.78, 5) is 99.0. The third-order valence-corrected chi connectivity index (χ3v) is 5.58. The maximum Gasteiger partial charge on any atom is 0.327 e. The third kappa shape index (κ3) is 16.5. The summed E-state index contributed by atoms with van der Waals surface area (Å²) in [6, 6.07) is -6.54. The van der Waals surface area contributed by atoms with Crippen LogP contribution in [0.3, 0.4) is 0 Å². The minimum Gasteiger partial charge on any atom is -0.481 e. The number of hydrogen-bond acceptors (Lipinski definition) is 10. The molecule has 0 saturated carbocycles. The van der Waals surface area contributed by atoms with Crippen LogP contribution >= 0.6 is 12.6 Å². The predicted octanol–water partition coefficient (Wildman–Crippen LogP) is -3.80. The Balaban J connectivity index is 5.89. The molecule has 0 radical (unpaired) electrons. The molecule has 0 aromatic carbocycles. The van der Waals surface area contributed by atoms with E-state index < -0.39 is 84.5 Å². The highest BCUT2D eigenvalue weighted by Gasteiger charge is 2.32. The lowest BCUT2D eigenvalue weighted by Crippen LogP contribution is -2.58. The van der Waals surface area contributed by atoms with E-state index in [4.69, 9.17) is 21.7 Å². The lowest BCUT2D eigenvalue weighted by atomic mass is 10.1. The molecule has 0 aromatic rings. The van der Waals surface area contributed by atoms with E-state index in [1.165, 1.54) is 0 Å². The molecule has 20 heteroatoms. The number of rotatable bonds is 21. The molecule has 0 fully saturated rings. The number of nitrogens with one attached hydrogen (secondary N) is 4. The molecule has 0 aliphatic carbocycles. The Hall–Kier alpha value is -4.62. The van der Waals surface area contributed by atoms with Crippen LogP contribution in [-0.4, -0.2) is 110 Å². The monoisotopic (exact) mass is 621 g/mol.